The van der Waals surface area contributed by atoms with E-state index in [9.17, 15) is 14.4 Å². The first kappa shape index (κ1) is 20.2. The number of carbonyl (C=O) groups is 3. The molecule has 0 unspecified atom stereocenters. The van der Waals surface area contributed by atoms with E-state index in [1.165, 1.54) is 5.56 Å². The summed E-state index contributed by atoms with van der Waals surface area (Å²) in [5, 5.41) is 2.68. The first-order valence-electron chi connectivity index (χ1n) is 8.83. The van der Waals surface area contributed by atoms with E-state index in [1.807, 2.05) is 24.3 Å². The molecule has 0 aliphatic carbocycles. The van der Waals surface area contributed by atoms with Gasteiger partial charge >= 0.3 is 5.97 Å². The van der Waals surface area contributed by atoms with Gasteiger partial charge in [0.2, 0.25) is 0 Å². The van der Waals surface area contributed by atoms with Gasteiger partial charge in [0.15, 0.2) is 13.2 Å². The summed E-state index contributed by atoms with van der Waals surface area (Å²) in [5.41, 5.74) is 2.39. The number of esters is 1. The maximum atomic E-state index is 11.9. The van der Waals surface area contributed by atoms with Gasteiger partial charge in [-0.05, 0) is 54.8 Å². The van der Waals surface area contributed by atoms with Crippen molar-refractivity contribution < 1.29 is 23.9 Å². The summed E-state index contributed by atoms with van der Waals surface area (Å²) in [5.74, 6) is -0.635. The van der Waals surface area contributed by atoms with Crippen LogP contribution in [0, 0.1) is 0 Å². The lowest BCUT2D eigenvalue weighted by Crippen LogP contribution is -2.23. The number of nitrogens with one attached hydrogen (secondary N) is 1. The Hall–Kier alpha value is -3.15. The smallest absolute Gasteiger partial charge is 0.344 e. The van der Waals surface area contributed by atoms with Gasteiger partial charge in [0.05, 0.1) is 0 Å². The number of aryl methyl sites for hydroxylation is 1. The number of unbranched alkanes of at least 4 members (excludes halogenated alkanes) is 1. The van der Waals surface area contributed by atoms with E-state index in [2.05, 4.69) is 12.2 Å². The summed E-state index contributed by atoms with van der Waals surface area (Å²) in [4.78, 5) is 34.1. The number of rotatable bonds is 10. The lowest BCUT2D eigenvalue weighted by atomic mass is 10.1. The normalized spacial score (nSPS) is 10.1. The minimum absolute atomic E-state index is 0.320. The molecular weight excluding hydrogens is 346 g/mol. The molecule has 6 nitrogen and oxygen atoms in total. The monoisotopic (exact) mass is 369 g/mol. The molecule has 0 saturated heterocycles. The van der Waals surface area contributed by atoms with Crippen molar-refractivity contribution in [1.29, 1.82) is 0 Å². The Bertz CT molecular complexity index is 753. The van der Waals surface area contributed by atoms with Gasteiger partial charge < -0.3 is 14.8 Å². The van der Waals surface area contributed by atoms with Crippen LogP contribution in [-0.2, 0) is 20.7 Å². The van der Waals surface area contributed by atoms with E-state index >= 15 is 0 Å². The van der Waals surface area contributed by atoms with Crippen LogP contribution in [0.4, 0.5) is 5.69 Å². The number of aldehydes is 1. The Morgan fingerprint density at radius 2 is 1.70 bits per heavy atom. The number of hydrogen-bond acceptors (Lipinski definition) is 5. The van der Waals surface area contributed by atoms with Crippen LogP contribution in [0.5, 0.6) is 5.75 Å². The van der Waals surface area contributed by atoms with E-state index in [0.29, 0.717) is 17.0 Å². The van der Waals surface area contributed by atoms with Gasteiger partial charge in [-0.25, -0.2) is 4.79 Å². The van der Waals surface area contributed by atoms with Crippen molar-refractivity contribution in [3.63, 3.8) is 0 Å². The van der Waals surface area contributed by atoms with Crippen LogP contribution >= 0.6 is 0 Å². The fourth-order valence-corrected chi connectivity index (χ4v) is 2.31. The number of amides is 1. The molecule has 2 rings (SSSR count). The fraction of sp³-hybridized carbons (Fsp3) is 0.286. The molecule has 0 aliphatic rings. The Balaban J connectivity index is 1.69. The zero-order valence-corrected chi connectivity index (χ0v) is 15.3. The van der Waals surface area contributed by atoms with Crippen molar-refractivity contribution in [2.75, 3.05) is 18.5 Å². The summed E-state index contributed by atoms with van der Waals surface area (Å²) < 4.78 is 10.1. The van der Waals surface area contributed by atoms with Crippen LogP contribution in [0.15, 0.2) is 48.5 Å². The zero-order chi connectivity index (χ0) is 19.5. The molecular formula is C21H23NO5. The molecule has 0 aliphatic heterocycles. The minimum Gasteiger partial charge on any atom is -0.482 e. The summed E-state index contributed by atoms with van der Waals surface area (Å²) in [6.07, 6.45) is 4.00. The fourth-order valence-electron chi connectivity index (χ4n) is 2.31. The van der Waals surface area contributed by atoms with Crippen molar-refractivity contribution >= 4 is 23.9 Å². The molecule has 1 N–H and O–H groups in total. The molecule has 0 fully saturated rings. The van der Waals surface area contributed by atoms with E-state index < -0.39 is 11.9 Å². The quantitative estimate of drug-likeness (QED) is 0.513. The predicted molar refractivity (Wildman–Crippen MR) is 102 cm³/mol. The van der Waals surface area contributed by atoms with Gasteiger partial charge in [0.1, 0.15) is 12.0 Å². The van der Waals surface area contributed by atoms with Crippen LogP contribution in [-0.4, -0.2) is 31.4 Å². The van der Waals surface area contributed by atoms with Gasteiger partial charge in [0, 0.05) is 11.3 Å². The van der Waals surface area contributed by atoms with Crippen molar-refractivity contribution in [3.8, 4) is 5.75 Å². The number of ether oxygens (including phenoxy) is 2. The topological polar surface area (TPSA) is 81.7 Å². The van der Waals surface area contributed by atoms with E-state index in [0.717, 1.165) is 25.5 Å². The van der Waals surface area contributed by atoms with Crippen LogP contribution in [0.25, 0.3) is 0 Å². The Kier molecular flexibility index (Phi) is 8.03. The highest BCUT2D eigenvalue weighted by Gasteiger charge is 2.09. The summed E-state index contributed by atoms with van der Waals surface area (Å²) in [6, 6.07) is 13.9. The average Bonchev–Trinajstić information content (AvgIpc) is 2.70. The molecule has 0 aromatic heterocycles. The van der Waals surface area contributed by atoms with Crippen molar-refractivity contribution in [2.24, 2.45) is 0 Å². The zero-order valence-electron chi connectivity index (χ0n) is 15.3. The Labute approximate surface area is 158 Å². The van der Waals surface area contributed by atoms with Crippen LogP contribution in [0.2, 0.25) is 0 Å². The molecule has 0 atom stereocenters. The second-order valence-corrected chi connectivity index (χ2v) is 5.98. The number of benzene rings is 2. The third-order valence-electron chi connectivity index (χ3n) is 3.79. The number of hydrogen-bond donors (Lipinski definition) is 1. The number of anilines is 1. The van der Waals surface area contributed by atoms with E-state index in [1.54, 1.807) is 24.3 Å². The molecule has 27 heavy (non-hydrogen) atoms. The SMILES string of the molecule is CCCCc1ccc(NC(=O)COC(=O)COc2ccc(C=O)cc2)cc1. The molecule has 0 saturated carbocycles. The summed E-state index contributed by atoms with van der Waals surface area (Å²) >= 11 is 0. The maximum Gasteiger partial charge on any atom is 0.344 e. The standard InChI is InChI=1S/C21H23NO5/c1-2-3-4-16-5-9-18(10-6-16)22-20(24)14-27-21(25)15-26-19-11-7-17(13-23)8-12-19/h5-13H,2-4,14-15H2,1H3,(H,22,24). The highest BCUT2D eigenvalue weighted by atomic mass is 16.6. The van der Waals surface area contributed by atoms with E-state index in [4.69, 9.17) is 9.47 Å². The molecule has 1 amide bonds. The highest BCUT2D eigenvalue weighted by Crippen LogP contribution is 2.12. The van der Waals surface area contributed by atoms with Gasteiger partial charge in [-0.2, -0.15) is 0 Å². The van der Waals surface area contributed by atoms with Gasteiger partial charge in [-0.1, -0.05) is 25.5 Å². The molecule has 0 radical (unpaired) electrons. The summed E-state index contributed by atoms with van der Waals surface area (Å²) in [7, 11) is 0. The maximum absolute atomic E-state index is 11.9. The minimum atomic E-state index is -0.653. The third kappa shape index (κ3) is 7.32. The van der Waals surface area contributed by atoms with Gasteiger partial charge in [-0.15, -0.1) is 0 Å². The van der Waals surface area contributed by atoms with Crippen LogP contribution in [0.1, 0.15) is 35.7 Å². The lowest BCUT2D eigenvalue weighted by Gasteiger charge is -2.08. The second-order valence-electron chi connectivity index (χ2n) is 5.98. The second kappa shape index (κ2) is 10.8. The molecule has 2 aromatic rings. The lowest BCUT2D eigenvalue weighted by molar-refractivity contribution is -0.149. The Morgan fingerprint density at radius 3 is 2.33 bits per heavy atom. The van der Waals surface area contributed by atoms with Crippen molar-refractivity contribution in [2.45, 2.75) is 26.2 Å². The van der Waals surface area contributed by atoms with Gasteiger partial charge in [-0.3, -0.25) is 9.59 Å². The molecule has 0 spiro atoms. The molecule has 2 aromatic carbocycles. The first-order valence-corrected chi connectivity index (χ1v) is 8.83. The highest BCUT2D eigenvalue weighted by molar-refractivity contribution is 5.92. The molecule has 6 heteroatoms. The number of carbonyl (C=O) groups excluding carboxylic acids is 3. The van der Waals surface area contributed by atoms with Gasteiger partial charge in [0.25, 0.3) is 5.91 Å². The molecule has 142 valence electrons. The Morgan fingerprint density at radius 1 is 1.00 bits per heavy atom. The van der Waals surface area contributed by atoms with Crippen molar-refractivity contribution in [1.82, 2.24) is 0 Å². The van der Waals surface area contributed by atoms with Crippen LogP contribution < -0.4 is 10.1 Å². The first-order chi connectivity index (χ1) is 13.1. The molecule has 0 heterocycles. The molecule has 0 bridgehead atoms. The third-order valence-corrected chi connectivity index (χ3v) is 3.79. The van der Waals surface area contributed by atoms with Crippen molar-refractivity contribution in [3.05, 3.63) is 59.7 Å². The largest absolute Gasteiger partial charge is 0.482 e. The van der Waals surface area contributed by atoms with Crippen LogP contribution in [0.3, 0.4) is 0 Å². The van der Waals surface area contributed by atoms with E-state index in [-0.39, 0.29) is 13.2 Å². The average molecular weight is 369 g/mol. The predicted octanol–water partition coefficient (Wildman–Crippen LogP) is 3.40. The summed E-state index contributed by atoms with van der Waals surface area (Å²) in [6.45, 7) is 1.44.